The largest absolute Gasteiger partial charge is 0.493 e. The number of hydrogen-bond donors (Lipinski definition) is 1. The minimum absolute atomic E-state index is 0.166. The molecule has 2 aromatic carbocycles. The number of amidine groups is 1. The number of amides is 1. The predicted octanol–water partition coefficient (Wildman–Crippen LogP) is 3.33. The maximum absolute atomic E-state index is 12.0. The van der Waals surface area contributed by atoms with Crippen LogP contribution < -0.4 is 10.1 Å². The summed E-state index contributed by atoms with van der Waals surface area (Å²) in [4.78, 5) is 16.3. The summed E-state index contributed by atoms with van der Waals surface area (Å²) in [6.45, 7) is 2.50. The van der Waals surface area contributed by atoms with Gasteiger partial charge in [0, 0.05) is 6.42 Å². The van der Waals surface area contributed by atoms with E-state index in [1.807, 2.05) is 61.5 Å². The SMILES string of the molecule is Cc1ccc(/C=C2/N=C(CCOc3ccccc3)NC2=O)cc1. The standard InChI is InChI=1S/C19H18N2O2/c1-14-7-9-15(10-8-14)13-17-19(22)21-18(20-17)11-12-23-16-5-3-2-4-6-16/h2-10,13H,11-12H2,1H3,(H,20,21,22)/b17-13+. The summed E-state index contributed by atoms with van der Waals surface area (Å²) in [6.07, 6.45) is 2.35. The lowest BCUT2D eigenvalue weighted by Gasteiger charge is -2.05. The van der Waals surface area contributed by atoms with E-state index in [1.165, 1.54) is 5.56 Å². The van der Waals surface area contributed by atoms with Gasteiger partial charge >= 0.3 is 0 Å². The van der Waals surface area contributed by atoms with Gasteiger partial charge in [-0.15, -0.1) is 0 Å². The second-order valence-corrected chi connectivity index (χ2v) is 5.36. The minimum Gasteiger partial charge on any atom is -0.493 e. The molecule has 116 valence electrons. The lowest BCUT2D eigenvalue weighted by atomic mass is 10.1. The highest BCUT2D eigenvalue weighted by Gasteiger charge is 2.19. The maximum atomic E-state index is 12.0. The van der Waals surface area contributed by atoms with Crippen LogP contribution in [0.1, 0.15) is 17.5 Å². The number of para-hydroxylation sites is 1. The van der Waals surface area contributed by atoms with Crippen molar-refractivity contribution in [2.75, 3.05) is 6.61 Å². The smallest absolute Gasteiger partial charge is 0.275 e. The molecule has 1 N–H and O–H groups in total. The van der Waals surface area contributed by atoms with E-state index in [-0.39, 0.29) is 5.91 Å². The third-order valence-electron chi connectivity index (χ3n) is 3.48. The normalized spacial score (nSPS) is 15.4. The van der Waals surface area contributed by atoms with E-state index in [0.29, 0.717) is 24.6 Å². The molecular weight excluding hydrogens is 288 g/mol. The minimum atomic E-state index is -0.166. The number of aliphatic imine (C=N–C) groups is 1. The molecule has 0 fully saturated rings. The molecule has 1 aliphatic rings. The second-order valence-electron chi connectivity index (χ2n) is 5.36. The molecule has 0 radical (unpaired) electrons. The molecule has 0 saturated heterocycles. The molecule has 0 aliphatic carbocycles. The van der Waals surface area contributed by atoms with Crippen LogP contribution in [0.15, 0.2) is 65.3 Å². The third kappa shape index (κ3) is 4.07. The number of rotatable bonds is 5. The highest BCUT2D eigenvalue weighted by atomic mass is 16.5. The fourth-order valence-corrected chi connectivity index (χ4v) is 2.24. The van der Waals surface area contributed by atoms with Gasteiger partial charge in [0.25, 0.3) is 5.91 Å². The first-order valence-corrected chi connectivity index (χ1v) is 7.56. The van der Waals surface area contributed by atoms with Crippen molar-refractivity contribution in [1.82, 2.24) is 5.32 Å². The molecule has 3 rings (SSSR count). The zero-order valence-corrected chi connectivity index (χ0v) is 13.0. The van der Waals surface area contributed by atoms with Crippen molar-refractivity contribution in [2.24, 2.45) is 4.99 Å². The molecule has 1 heterocycles. The van der Waals surface area contributed by atoms with Gasteiger partial charge in [-0.2, -0.15) is 0 Å². The van der Waals surface area contributed by atoms with Gasteiger partial charge in [0.1, 0.15) is 17.3 Å². The number of benzene rings is 2. The summed E-state index contributed by atoms with van der Waals surface area (Å²) in [5.41, 5.74) is 2.58. The van der Waals surface area contributed by atoms with Crippen LogP contribution in [0.4, 0.5) is 0 Å². The van der Waals surface area contributed by atoms with E-state index in [4.69, 9.17) is 4.74 Å². The Morgan fingerprint density at radius 1 is 1.09 bits per heavy atom. The molecule has 23 heavy (non-hydrogen) atoms. The number of aryl methyl sites for hydroxylation is 1. The van der Waals surface area contributed by atoms with E-state index in [9.17, 15) is 4.79 Å². The van der Waals surface area contributed by atoms with Crippen LogP contribution in [0.3, 0.4) is 0 Å². The Labute approximate surface area is 135 Å². The highest BCUT2D eigenvalue weighted by Crippen LogP contribution is 2.14. The van der Waals surface area contributed by atoms with Crippen molar-refractivity contribution >= 4 is 17.8 Å². The van der Waals surface area contributed by atoms with E-state index in [2.05, 4.69) is 10.3 Å². The van der Waals surface area contributed by atoms with Crippen LogP contribution in [0.5, 0.6) is 5.75 Å². The fourth-order valence-electron chi connectivity index (χ4n) is 2.24. The average molecular weight is 306 g/mol. The zero-order chi connectivity index (χ0) is 16.1. The summed E-state index contributed by atoms with van der Waals surface area (Å²) in [5.74, 6) is 1.29. The molecular formula is C19H18N2O2. The van der Waals surface area contributed by atoms with Crippen LogP contribution in [0, 0.1) is 6.92 Å². The zero-order valence-electron chi connectivity index (χ0n) is 13.0. The number of ether oxygens (including phenoxy) is 1. The number of nitrogens with one attached hydrogen (secondary N) is 1. The Hall–Kier alpha value is -2.88. The summed E-state index contributed by atoms with van der Waals surface area (Å²) in [6, 6.07) is 17.6. The van der Waals surface area contributed by atoms with Gasteiger partial charge in [-0.1, -0.05) is 48.0 Å². The number of hydrogen-bond acceptors (Lipinski definition) is 3. The molecule has 4 heteroatoms. The fraction of sp³-hybridized carbons (Fsp3) is 0.158. The Balaban J connectivity index is 1.61. The van der Waals surface area contributed by atoms with Gasteiger partial charge in [-0.3, -0.25) is 4.79 Å². The van der Waals surface area contributed by atoms with Crippen molar-refractivity contribution in [3.05, 3.63) is 71.4 Å². The van der Waals surface area contributed by atoms with Crippen LogP contribution in [0.25, 0.3) is 6.08 Å². The van der Waals surface area contributed by atoms with Crippen molar-refractivity contribution in [1.29, 1.82) is 0 Å². The Morgan fingerprint density at radius 3 is 2.57 bits per heavy atom. The maximum Gasteiger partial charge on any atom is 0.275 e. The van der Waals surface area contributed by atoms with Crippen LogP contribution >= 0.6 is 0 Å². The topological polar surface area (TPSA) is 50.7 Å². The van der Waals surface area contributed by atoms with Gasteiger partial charge in [0.05, 0.1) is 6.61 Å². The number of nitrogens with zero attached hydrogens (tertiary/aromatic N) is 1. The van der Waals surface area contributed by atoms with Gasteiger partial charge < -0.3 is 10.1 Å². The highest BCUT2D eigenvalue weighted by molar-refractivity contribution is 6.14. The summed E-state index contributed by atoms with van der Waals surface area (Å²) in [7, 11) is 0. The van der Waals surface area contributed by atoms with Gasteiger partial charge in [0.2, 0.25) is 0 Å². The molecule has 2 aromatic rings. The van der Waals surface area contributed by atoms with Crippen molar-refractivity contribution < 1.29 is 9.53 Å². The van der Waals surface area contributed by atoms with Gasteiger partial charge in [0.15, 0.2) is 0 Å². The van der Waals surface area contributed by atoms with Crippen molar-refractivity contribution in [3.8, 4) is 5.75 Å². The number of carbonyl (C=O) groups excluding carboxylic acids is 1. The van der Waals surface area contributed by atoms with E-state index in [1.54, 1.807) is 6.08 Å². The van der Waals surface area contributed by atoms with Crippen LogP contribution in [0.2, 0.25) is 0 Å². The Morgan fingerprint density at radius 2 is 1.83 bits per heavy atom. The van der Waals surface area contributed by atoms with Gasteiger partial charge in [-0.05, 0) is 30.7 Å². The average Bonchev–Trinajstić information content (AvgIpc) is 2.90. The molecule has 0 aromatic heterocycles. The molecule has 4 nitrogen and oxygen atoms in total. The van der Waals surface area contributed by atoms with Crippen molar-refractivity contribution in [3.63, 3.8) is 0 Å². The third-order valence-corrected chi connectivity index (χ3v) is 3.48. The summed E-state index contributed by atoms with van der Waals surface area (Å²) < 4.78 is 5.62. The molecule has 0 atom stereocenters. The predicted molar refractivity (Wildman–Crippen MR) is 91.3 cm³/mol. The molecule has 0 bridgehead atoms. The lowest BCUT2D eigenvalue weighted by molar-refractivity contribution is -0.115. The first kappa shape index (κ1) is 15.0. The lowest BCUT2D eigenvalue weighted by Crippen LogP contribution is -2.25. The molecule has 0 spiro atoms. The molecule has 1 amide bonds. The molecule has 0 saturated carbocycles. The quantitative estimate of drug-likeness (QED) is 0.861. The second kappa shape index (κ2) is 6.92. The summed E-state index contributed by atoms with van der Waals surface area (Å²) >= 11 is 0. The van der Waals surface area contributed by atoms with Crippen molar-refractivity contribution in [2.45, 2.75) is 13.3 Å². The van der Waals surface area contributed by atoms with E-state index >= 15 is 0 Å². The van der Waals surface area contributed by atoms with Gasteiger partial charge in [-0.25, -0.2) is 4.99 Å². The van der Waals surface area contributed by atoms with E-state index < -0.39 is 0 Å². The van der Waals surface area contributed by atoms with Crippen LogP contribution in [-0.4, -0.2) is 18.3 Å². The molecule has 0 unspecified atom stereocenters. The monoisotopic (exact) mass is 306 g/mol. The summed E-state index contributed by atoms with van der Waals surface area (Å²) in [5, 5.41) is 2.78. The number of carbonyl (C=O) groups is 1. The Bertz CT molecular complexity index is 747. The Kier molecular flexibility index (Phi) is 4.52. The van der Waals surface area contributed by atoms with Crippen LogP contribution in [-0.2, 0) is 4.79 Å². The van der Waals surface area contributed by atoms with E-state index in [0.717, 1.165) is 11.3 Å². The first-order valence-electron chi connectivity index (χ1n) is 7.56. The first-order chi connectivity index (χ1) is 11.2. The molecule has 1 aliphatic heterocycles.